The Kier molecular flexibility index (Phi) is 3.65. The summed E-state index contributed by atoms with van der Waals surface area (Å²) in [7, 11) is 0. The monoisotopic (exact) mass is 260 g/mol. The molecule has 2 atom stereocenters. The molecule has 2 aliphatic rings. The summed E-state index contributed by atoms with van der Waals surface area (Å²) in [5.41, 5.74) is -0.491. The first kappa shape index (κ1) is 13.8. The molecule has 0 radical (unpaired) electrons. The maximum Gasteiger partial charge on any atom is 0.312 e. The van der Waals surface area contributed by atoms with Gasteiger partial charge in [0.1, 0.15) is 0 Å². The first-order chi connectivity index (χ1) is 8.35. The zero-order chi connectivity index (χ0) is 13.4. The van der Waals surface area contributed by atoms with Crippen molar-refractivity contribution in [3.05, 3.63) is 0 Å². The van der Waals surface area contributed by atoms with Crippen molar-refractivity contribution in [1.29, 1.82) is 0 Å². The third kappa shape index (κ3) is 2.83. The SMILES string of the molecule is CCC1(C(=O)OCC(C)(F)F)CC2CCC(C2)C1. The largest absolute Gasteiger partial charge is 0.459 e. The van der Waals surface area contributed by atoms with Gasteiger partial charge in [-0.05, 0) is 37.5 Å². The van der Waals surface area contributed by atoms with Crippen molar-refractivity contribution in [1.82, 2.24) is 0 Å². The number of carbonyl (C=O) groups excluding carboxylic acids is 1. The molecule has 2 aliphatic carbocycles. The lowest BCUT2D eigenvalue weighted by Gasteiger charge is -2.38. The van der Waals surface area contributed by atoms with Crippen LogP contribution in [0.15, 0.2) is 0 Å². The van der Waals surface area contributed by atoms with Gasteiger partial charge in [0, 0.05) is 6.92 Å². The lowest BCUT2D eigenvalue weighted by molar-refractivity contribution is -0.169. The van der Waals surface area contributed by atoms with Crippen LogP contribution in [0.5, 0.6) is 0 Å². The van der Waals surface area contributed by atoms with Crippen LogP contribution in [0, 0.1) is 17.3 Å². The Morgan fingerprint density at radius 3 is 2.33 bits per heavy atom. The molecule has 0 aromatic rings. The van der Waals surface area contributed by atoms with Crippen LogP contribution in [0.2, 0.25) is 0 Å². The second kappa shape index (κ2) is 4.78. The van der Waals surface area contributed by atoms with Crippen LogP contribution < -0.4 is 0 Å². The smallest absolute Gasteiger partial charge is 0.312 e. The van der Waals surface area contributed by atoms with Crippen LogP contribution in [0.4, 0.5) is 8.78 Å². The summed E-state index contributed by atoms with van der Waals surface area (Å²) in [5.74, 6) is -2.14. The van der Waals surface area contributed by atoms with Crippen LogP contribution >= 0.6 is 0 Å². The topological polar surface area (TPSA) is 26.3 Å². The Morgan fingerprint density at radius 2 is 1.89 bits per heavy atom. The highest BCUT2D eigenvalue weighted by atomic mass is 19.3. The quantitative estimate of drug-likeness (QED) is 0.719. The molecule has 0 saturated heterocycles. The molecule has 0 N–H and O–H groups in total. The van der Waals surface area contributed by atoms with Crippen LogP contribution in [-0.2, 0) is 9.53 Å². The number of hydrogen-bond donors (Lipinski definition) is 0. The van der Waals surface area contributed by atoms with E-state index >= 15 is 0 Å². The maximum absolute atomic E-state index is 12.8. The standard InChI is InChI=1S/C14H22F2O2/c1-3-14(12(17)18-9-13(2,15)16)7-10-4-5-11(6-10)8-14/h10-11H,3-9H2,1-2H3. The van der Waals surface area contributed by atoms with Crippen molar-refractivity contribution in [2.24, 2.45) is 17.3 Å². The fourth-order valence-corrected chi connectivity index (χ4v) is 3.68. The minimum atomic E-state index is -2.93. The molecule has 2 unspecified atom stereocenters. The molecule has 2 fully saturated rings. The molecule has 0 aromatic heterocycles. The second-order valence-corrected chi connectivity index (χ2v) is 6.23. The molecule has 0 heterocycles. The lowest BCUT2D eigenvalue weighted by Crippen LogP contribution is -2.39. The third-order valence-corrected chi connectivity index (χ3v) is 4.58. The van der Waals surface area contributed by atoms with E-state index in [-0.39, 0.29) is 0 Å². The van der Waals surface area contributed by atoms with Crippen molar-refractivity contribution in [3.8, 4) is 0 Å². The molecule has 0 spiro atoms. The Labute approximate surface area is 107 Å². The Hall–Kier alpha value is -0.670. The predicted molar refractivity (Wildman–Crippen MR) is 64.4 cm³/mol. The molecule has 18 heavy (non-hydrogen) atoms. The van der Waals surface area contributed by atoms with Gasteiger partial charge >= 0.3 is 5.97 Å². The van der Waals surface area contributed by atoms with Gasteiger partial charge in [0.25, 0.3) is 5.92 Å². The van der Waals surface area contributed by atoms with E-state index in [1.165, 1.54) is 19.3 Å². The highest BCUT2D eigenvalue weighted by Crippen LogP contribution is 2.52. The van der Waals surface area contributed by atoms with E-state index in [9.17, 15) is 13.6 Å². The minimum Gasteiger partial charge on any atom is -0.459 e. The fraction of sp³-hybridized carbons (Fsp3) is 0.929. The number of ether oxygens (including phenoxy) is 1. The van der Waals surface area contributed by atoms with Gasteiger partial charge < -0.3 is 4.74 Å². The number of alkyl halides is 2. The summed E-state index contributed by atoms with van der Waals surface area (Å²) in [4.78, 5) is 12.2. The van der Waals surface area contributed by atoms with Crippen molar-refractivity contribution in [2.45, 2.75) is 58.3 Å². The Morgan fingerprint density at radius 1 is 1.33 bits per heavy atom. The molecule has 0 aromatic carbocycles. The van der Waals surface area contributed by atoms with E-state index < -0.39 is 23.9 Å². The number of halogens is 2. The average Bonchev–Trinajstić information content (AvgIpc) is 2.64. The van der Waals surface area contributed by atoms with Crippen molar-refractivity contribution in [2.75, 3.05) is 6.61 Å². The van der Waals surface area contributed by atoms with Gasteiger partial charge in [-0.1, -0.05) is 19.8 Å². The predicted octanol–water partition coefficient (Wildman–Crippen LogP) is 3.79. The molecular formula is C14H22F2O2. The molecule has 2 bridgehead atoms. The molecular weight excluding hydrogens is 238 g/mol. The highest BCUT2D eigenvalue weighted by molar-refractivity contribution is 5.77. The van der Waals surface area contributed by atoms with E-state index in [0.717, 1.165) is 19.8 Å². The molecule has 104 valence electrons. The Balaban J connectivity index is 2.01. The summed E-state index contributed by atoms with van der Waals surface area (Å²) in [5, 5.41) is 0. The molecule has 2 saturated carbocycles. The summed E-state index contributed by atoms with van der Waals surface area (Å²) < 4.78 is 30.4. The van der Waals surface area contributed by atoms with Crippen LogP contribution in [0.3, 0.4) is 0 Å². The van der Waals surface area contributed by atoms with Crippen LogP contribution in [0.1, 0.15) is 52.4 Å². The van der Waals surface area contributed by atoms with E-state index in [0.29, 0.717) is 18.3 Å². The lowest BCUT2D eigenvalue weighted by atomic mass is 9.67. The van der Waals surface area contributed by atoms with Gasteiger partial charge in [0.15, 0.2) is 6.61 Å². The minimum absolute atomic E-state index is 0.400. The zero-order valence-corrected chi connectivity index (χ0v) is 11.2. The molecule has 4 heteroatoms. The van der Waals surface area contributed by atoms with Gasteiger partial charge in [-0.2, -0.15) is 0 Å². The Bertz CT molecular complexity index is 310. The van der Waals surface area contributed by atoms with Crippen molar-refractivity contribution >= 4 is 5.97 Å². The van der Waals surface area contributed by atoms with Crippen LogP contribution in [-0.4, -0.2) is 18.5 Å². The highest BCUT2D eigenvalue weighted by Gasteiger charge is 2.48. The summed E-state index contributed by atoms with van der Waals surface area (Å²) in [6.45, 7) is 1.96. The number of fused-ring (bicyclic) bond motifs is 2. The van der Waals surface area contributed by atoms with Gasteiger partial charge in [0.2, 0.25) is 0 Å². The van der Waals surface area contributed by atoms with E-state index in [1.807, 2.05) is 6.92 Å². The molecule has 0 amide bonds. The molecule has 2 rings (SSSR count). The fourth-order valence-electron chi connectivity index (χ4n) is 3.68. The first-order valence-electron chi connectivity index (χ1n) is 6.90. The van der Waals surface area contributed by atoms with E-state index in [4.69, 9.17) is 4.74 Å². The van der Waals surface area contributed by atoms with Gasteiger partial charge in [-0.3, -0.25) is 4.79 Å². The van der Waals surface area contributed by atoms with E-state index in [2.05, 4.69) is 0 Å². The van der Waals surface area contributed by atoms with Gasteiger partial charge in [-0.15, -0.1) is 0 Å². The molecule has 2 nitrogen and oxygen atoms in total. The van der Waals surface area contributed by atoms with Crippen LogP contribution in [0.25, 0.3) is 0 Å². The summed E-state index contributed by atoms with van der Waals surface area (Å²) >= 11 is 0. The maximum atomic E-state index is 12.8. The summed E-state index contributed by atoms with van der Waals surface area (Å²) in [6, 6.07) is 0. The second-order valence-electron chi connectivity index (χ2n) is 6.23. The third-order valence-electron chi connectivity index (χ3n) is 4.58. The normalized spacial score (nSPS) is 35.6. The van der Waals surface area contributed by atoms with Gasteiger partial charge in [0.05, 0.1) is 5.41 Å². The number of esters is 1. The van der Waals surface area contributed by atoms with E-state index in [1.54, 1.807) is 0 Å². The molecule has 0 aliphatic heterocycles. The number of carbonyl (C=O) groups is 1. The van der Waals surface area contributed by atoms with Crippen molar-refractivity contribution in [3.63, 3.8) is 0 Å². The average molecular weight is 260 g/mol. The summed E-state index contributed by atoms with van der Waals surface area (Å²) in [6.07, 6.45) is 5.93. The number of rotatable bonds is 4. The van der Waals surface area contributed by atoms with Gasteiger partial charge in [-0.25, -0.2) is 8.78 Å². The zero-order valence-electron chi connectivity index (χ0n) is 11.2. The first-order valence-corrected chi connectivity index (χ1v) is 6.90. The number of hydrogen-bond acceptors (Lipinski definition) is 2. The van der Waals surface area contributed by atoms with Crippen molar-refractivity contribution < 1.29 is 18.3 Å².